The summed E-state index contributed by atoms with van der Waals surface area (Å²) < 4.78 is 12.3. The van der Waals surface area contributed by atoms with E-state index in [1.165, 1.54) is 31.7 Å². The number of phenols is 1. The largest absolute Gasteiger partial charge is 0.504 e. The summed E-state index contributed by atoms with van der Waals surface area (Å²) in [7, 11) is 1.49. The second kappa shape index (κ2) is 11.9. The van der Waals surface area contributed by atoms with Gasteiger partial charge in [-0.2, -0.15) is 0 Å². The highest BCUT2D eigenvalue weighted by Crippen LogP contribution is 2.62. The number of carbonyl (C=O) groups is 4. The summed E-state index contributed by atoms with van der Waals surface area (Å²) in [5.74, 6) is -1.31. The van der Waals surface area contributed by atoms with Gasteiger partial charge in [0.05, 0.1) is 17.4 Å². The van der Waals surface area contributed by atoms with Crippen molar-refractivity contribution < 1.29 is 44.0 Å². The fourth-order valence-corrected chi connectivity index (χ4v) is 7.16. The number of hydrogen-bond donors (Lipinski definition) is 5. The molecule has 2 aliphatic heterocycles. The molecule has 1 saturated carbocycles. The molecule has 3 amide bonds. The first-order valence-electron chi connectivity index (χ1n) is 15.1. The number of aryl methyl sites for hydroxylation is 1. The van der Waals surface area contributed by atoms with Crippen molar-refractivity contribution in [2.75, 3.05) is 33.2 Å². The van der Waals surface area contributed by atoms with Crippen LogP contribution in [0, 0.1) is 12.8 Å². The average molecular weight is 615 g/mol. The lowest BCUT2D eigenvalue weighted by atomic mass is 9.54. The number of ether oxygens (including phenoxy) is 2. The Labute approximate surface area is 256 Å². The van der Waals surface area contributed by atoms with Crippen LogP contribution in [0.5, 0.6) is 11.5 Å². The summed E-state index contributed by atoms with van der Waals surface area (Å²) in [5.41, 5.74) is -0.580. The minimum absolute atomic E-state index is 0.0182. The third-order valence-corrected chi connectivity index (χ3v) is 9.68. The fourth-order valence-electron chi connectivity index (χ4n) is 7.16. The molecule has 1 aromatic carbocycles. The summed E-state index contributed by atoms with van der Waals surface area (Å²) in [5, 5.41) is 37.3. The van der Waals surface area contributed by atoms with E-state index in [1.54, 1.807) is 12.1 Å². The summed E-state index contributed by atoms with van der Waals surface area (Å²) in [6, 6.07) is 1.92. The molecule has 240 valence electrons. The summed E-state index contributed by atoms with van der Waals surface area (Å²) in [6.45, 7) is 6.81. The summed E-state index contributed by atoms with van der Waals surface area (Å²) >= 11 is 0. The molecule has 2 fully saturated rings. The molecule has 5 rings (SSSR count). The zero-order valence-electron chi connectivity index (χ0n) is 25.6. The van der Waals surface area contributed by atoms with E-state index in [4.69, 9.17) is 14.6 Å². The van der Waals surface area contributed by atoms with Gasteiger partial charge in [-0.15, -0.1) is 0 Å². The number of nitrogens with one attached hydrogen (secondary N) is 2. The number of piperidine rings is 1. The molecule has 5 unspecified atom stereocenters. The zero-order valence-corrected chi connectivity index (χ0v) is 25.6. The van der Waals surface area contributed by atoms with Gasteiger partial charge in [-0.1, -0.05) is 6.07 Å². The van der Waals surface area contributed by atoms with Crippen LogP contribution in [0.15, 0.2) is 24.0 Å². The number of amides is 3. The molecule has 0 aromatic heterocycles. The highest BCUT2D eigenvalue weighted by Gasteiger charge is 2.69. The minimum atomic E-state index is -1.25. The van der Waals surface area contributed by atoms with E-state index in [0.717, 1.165) is 24.2 Å². The Morgan fingerprint density at radius 3 is 2.64 bits per heavy atom. The van der Waals surface area contributed by atoms with Gasteiger partial charge in [0.15, 0.2) is 17.6 Å². The number of carbonyl (C=O) groups excluding carboxylic acids is 3. The van der Waals surface area contributed by atoms with Gasteiger partial charge in [0.1, 0.15) is 11.8 Å². The molecule has 0 bridgehead atoms. The number of rotatable bonds is 10. The van der Waals surface area contributed by atoms with Gasteiger partial charge in [-0.25, -0.2) is 4.79 Å². The van der Waals surface area contributed by atoms with E-state index in [1.807, 2.05) is 19.9 Å². The number of aliphatic carboxylic acids is 1. The topological polar surface area (TPSA) is 178 Å². The zero-order chi connectivity index (χ0) is 32.0. The van der Waals surface area contributed by atoms with Gasteiger partial charge >= 0.3 is 12.1 Å². The Morgan fingerprint density at radius 2 is 1.98 bits per heavy atom. The fraction of sp³-hybridized carbons (Fsp3) is 0.613. The maximum Gasteiger partial charge on any atom is 0.414 e. The molecule has 1 aromatic rings. The van der Waals surface area contributed by atoms with Crippen LogP contribution >= 0.6 is 0 Å². The van der Waals surface area contributed by atoms with Gasteiger partial charge in [-0.3, -0.25) is 19.3 Å². The first-order chi connectivity index (χ1) is 20.8. The number of nitrogens with zero attached hydrogens (tertiary/aromatic N) is 2. The number of fused-ring (bicyclic) bond motifs is 1. The van der Waals surface area contributed by atoms with Crippen molar-refractivity contribution in [2.45, 2.75) is 82.1 Å². The number of likely N-dealkylation sites (N-methyl/N-ethyl adjacent to an activating group) is 1. The second-order valence-corrected chi connectivity index (χ2v) is 12.6. The first kappa shape index (κ1) is 31.6. The average Bonchev–Trinajstić information content (AvgIpc) is 3.70. The third kappa shape index (κ3) is 5.58. The Morgan fingerprint density at radius 1 is 1.25 bits per heavy atom. The normalized spacial score (nSPS) is 27.9. The molecule has 2 heterocycles. The molecule has 13 nitrogen and oxygen atoms in total. The van der Waals surface area contributed by atoms with Crippen molar-refractivity contribution >= 4 is 23.9 Å². The number of carboxylic acids is 1. The van der Waals surface area contributed by atoms with Gasteiger partial charge in [0.2, 0.25) is 11.8 Å². The predicted molar refractivity (Wildman–Crippen MR) is 157 cm³/mol. The van der Waals surface area contributed by atoms with E-state index < -0.39 is 53.5 Å². The number of hydrogen-bond acceptors (Lipinski definition) is 9. The molecule has 1 spiro atoms. The number of phenolic OH excluding ortho intramolecular Hbond substituents is 1. The highest BCUT2D eigenvalue weighted by atomic mass is 16.6. The smallest absolute Gasteiger partial charge is 0.414 e. The van der Waals surface area contributed by atoms with Crippen molar-refractivity contribution in [1.29, 1.82) is 0 Å². The first-order valence-corrected chi connectivity index (χ1v) is 15.1. The Kier molecular flexibility index (Phi) is 8.56. The summed E-state index contributed by atoms with van der Waals surface area (Å²) in [4.78, 5) is 51.7. The van der Waals surface area contributed by atoms with Crippen LogP contribution in [0.25, 0.3) is 0 Å². The lowest BCUT2D eigenvalue weighted by molar-refractivity contribution is -0.158. The molecule has 5 N–H and O–H groups in total. The van der Waals surface area contributed by atoms with Crippen molar-refractivity contribution in [3.63, 3.8) is 0 Å². The number of carboxylic acid groups (broad SMARTS) is 1. The van der Waals surface area contributed by atoms with Crippen LogP contribution in [0.4, 0.5) is 4.79 Å². The maximum atomic E-state index is 13.2. The van der Waals surface area contributed by atoms with Crippen LogP contribution < -0.4 is 15.4 Å². The van der Waals surface area contributed by atoms with Crippen molar-refractivity contribution in [2.24, 2.45) is 5.92 Å². The molecule has 0 radical (unpaired) electrons. The standard InChI is InChI=1S/C31H42N4O9/c1-17-5-8-22(37)26-25(17)30-11-13-35(16-20-6-7-20)18(2)31(30,42)10-9-23(27(30)44-26)43-29(41)34(4)14-12-32-28(40)21(15-24(38)39)33-19(3)36/h5,8-9,18,20-21,27,37,42H,6-7,10-16H2,1-4H3,(H,32,40)(H,33,36)(H,38,39). The van der Waals surface area contributed by atoms with Gasteiger partial charge in [0, 0.05) is 51.6 Å². The second-order valence-electron chi connectivity index (χ2n) is 12.6. The third-order valence-electron chi connectivity index (χ3n) is 9.68. The Balaban J connectivity index is 1.32. The van der Waals surface area contributed by atoms with Gasteiger partial charge in [-0.05, 0) is 63.3 Å². The van der Waals surface area contributed by atoms with E-state index in [0.29, 0.717) is 18.1 Å². The molecule has 4 aliphatic rings. The molecule has 1 saturated heterocycles. The Hall–Kier alpha value is -3.84. The van der Waals surface area contributed by atoms with Crippen LogP contribution in [0.1, 0.15) is 57.1 Å². The quantitative estimate of drug-likeness (QED) is 0.259. The molecule has 13 heteroatoms. The molecule has 2 aliphatic carbocycles. The van der Waals surface area contributed by atoms with Gasteiger partial charge < -0.3 is 40.3 Å². The van der Waals surface area contributed by atoms with Crippen molar-refractivity contribution in [3.8, 4) is 11.5 Å². The SMILES string of the molecule is CC(=O)NC(CC(=O)O)C(=O)NCCN(C)C(=O)OC1=CCC2(O)C(C)N(CC3CC3)CCC23c2c(C)ccc(O)c2OC13. The van der Waals surface area contributed by atoms with Crippen LogP contribution in [0.3, 0.4) is 0 Å². The minimum Gasteiger partial charge on any atom is -0.504 e. The highest BCUT2D eigenvalue weighted by molar-refractivity contribution is 5.90. The van der Waals surface area contributed by atoms with Crippen LogP contribution in [0.2, 0.25) is 0 Å². The van der Waals surface area contributed by atoms with Crippen molar-refractivity contribution in [1.82, 2.24) is 20.4 Å². The lowest BCUT2D eigenvalue weighted by Crippen LogP contribution is -2.72. The van der Waals surface area contributed by atoms with Crippen LogP contribution in [-0.4, -0.2) is 106 Å². The maximum absolute atomic E-state index is 13.2. The monoisotopic (exact) mass is 614 g/mol. The number of likely N-dealkylation sites (tertiary alicyclic amines) is 1. The molecule has 44 heavy (non-hydrogen) atoms. The predicted octanol–water partition coefficient (Wildman–Crippen LogP) is 1.39. The lowest BCUT2D eigenvalue weighted by Gasteiger charge is -2.59. The number of aliphatic hydroxyl groups is 1. The number of benzene rings is 1. The molecular formula is C31H42N4O9. The Bertz CT molecular complexity index is 1360. The van der Waals surface area contributed by atoms with E-state index in [-0.39, 0.29) is 37.1 Å². The number of aromatic hydroxyl groups is 1. The molecular weight excluding hydrogens is 572 g/mol. The summed E-state index contributed by atoms with van der Waals surface area (Å²) in [6.07, 6.45) is 2.73. The molecule has 5 atom stereocenters. The van der Waals surface area contributed by atoms with E-state index in [2.05, 4.69) is 15.5 Å². The van der Waals surface area contributed by atoms with Gasteiger partial charge in [0.25, 0.3) is 0 Å². The van der Waals surface area contributed by atoms with Crippen LogP contribution in [-0.2, 0) is 24.5 Å². The van der Waals surface area contributed by atoms with Crippen molar-refractivity contribution in [3.05, 3.63) is 35.1 Å². The van der Waals surface area contributed by atoms with E-state index >= 15 is 0 Å². The van der Waals surface area contributed by atoms with E-state index in [9.17, 15) is 29.4 Å².